The Labute approximate surface area is 108 Å². The van der Waals surface area contributed by atoms with E-state index in [2.05, 4.69) is 10.0 Å². The van der Waals surface area contributed by atoms with E-state index in [0.717, 1.165) is 30.6 Å². The van der Waals surface area contributed by atoms with Crippen LogP contribution in [0.1, 0.15) is 12.0 Å². The molecule has 0 aliphatic carbocycles. The Morgan fingerprint density at radius 3 is 3.06 bits per heavy atom. The van der Waals surface area contributed by atoms with Crippen molar-refractivity contribution in [1.29, 1.82) is 0 Å². The summed E-state index contributed by atoms with van der Waals surface area (Å²) in [6.45, 7) is 1.60. The highest BCUT2D eigenvalue weighted by Gasteiger charge is 2.16. The third-order valence-corrected chi connectivity index (χ3v) is 4.38. The first-order valence-corrected chi connectivity index (χ1v) is 7.47. The number of ether oxygens (including phenoxy) is 1. The summed E-state index contributed by atoms with van der Waals surface area (Å²) in [6, 6.07) is 5.21. The van der Waals surface area contributed by atoms with Gasteiger partial charge >= 0.3 is 0 Å². The van der Waals surface area contributed by atoms with Gasteiger partial charge < -0.3 is 10.1 Å². The topological polar surface area (TPSA) is 67.4 Å². The van der Waals surface area contributed by atoms with Crippen LogP contribution in [0.2, 0.25) is 0 Å². The molecule has 2 rings (SSSR count). The fraction of sp³-hybridized carbons (Fsp3) is 0.500. The van der Waals surface area contributed by atoms with Gasteiger partial charge in [0.2, 0.25) is 10.0 Å². The molecule has 0 amide bonds. The van der Waals surface area contributed by atoms with E-state index in [9.17, 15) is 8.42 Å². The van der Waals surface area contributed by atoms with Crippen LogP contribution in [0.4, 0.5) is 5.69 Å². The molecular formula is C12H18N2O3S. The lowest BCUT2D eigenvalue weighted by molar-refractivity contribution is 0.204. The summed E-state index contributed by atoms with van der Waals surface area (Å²) in [5.41, 5.74) is 2.10. The zero-order valence-electron chi connectivity index (χ0n) is 10.4. The summed E-state index contributed by atoms with van der Waals surface area (Å²) >= 11 is 0. The Kier molecular flexibility index (Phi) is 4.21. The maximum atomic E-state index is 12.0. The quantitative estimate of drug-likeness (QED) is 0.782. The van der Waals surface area contributed by atoms with Crippen LogP contribution in [0.15, 0.2) is 23.1 Å². The lowest BCUT2D eigenvalue weighted by atomic mass is 10.0. The Hall–Kier alpha value is -1.11. The Morgan fingerprint density at radius 2 is 2.28 bits per heavy atom. The van der Waals surface area contributed by atoms with Crippen molar-refractivity contribution >= 4 is 15.7 Å². The van der Waals surface area contributed by atoms with Crippen LogP contribution >= 0.6 is 0 Å². The molecular weight excluding hydrogens is 252 g/mol. The predicted molar refractivity (Wildman–Crippen MR) is 70.3 cm³/mol. The molecule has 0 fully saturated rings. The molecule has 0 unspecified atom stereocenters. The molecule has 6 heteroatoms. The molecule has 1 aromatic rings. The van der Waals surface area contributed by atoms with E-state index >= 15 is 0 Å². The van der Waals surface area contributed by atoms with Gasteiger partial charge in [-0.05, 0) is 36.6 Å². The first-order valence-electron chi connectivity index (χ1n) is 5.99. The van der Waals surface area contributed by atoms with E-state index in [1.807, 2.05) is 6.07 Å². The monoisotopic (exact) mass is 270 g/mol. The summed E-state index contributed by atoms with van der Waals surface area (Å²) in [6.07, 6.45) is 1.96. The van der Waals surface area contributed by atoms with Gasteiger partial charge in [0, 0.05) is 25.9 Å². The van der Waals surface area contributed by atoms with Gasteiger partial charge in [0.25, 0.3) is 0 Å². The van der Waals surface area contributed by atoms with Crippen LogP contribution in [0.5, 0.6) is 0 Å². The molecule has 0 bridgehead atoms. The zero-order valence-corrected chi connectivity index (χ0v) is 11.2. The fourth-order valence-corrected chi connectivity index (χ4v) is 3.04. The molecule has 1 aliphatic heterocycles. The molecule has 0 saturated carbocycles. The molecule has 5 nitrogen and oxygen atoms in total. The molecule has 1 heterocycles. The van der Waals surface area contributed by atoms with Crippen molar-refractivity contribution in [1.82, 2.24) is 4.72 Å². The van der Waals surface area contributed by atoms with E-state index in [0.29, 0.717) is 11.5 Å². The highest BCUT2D eigenvalue weighted by Crippen LogP contribution is 2.24. The molecule has 2 N–H and O–H groups in total. The SMILES string of the molecule is COCCNS(=O)(=O)c1ccc2c(c1)CCCN2. The van der Waals surface area contributed by atoms with Gasteiger partial charge in [0.1, 0.15) is 0 Å². The summed E-state index contributed by atoms with van der Waals surface area (Å²) in [5.74, 6) is 0. The third-order valence-electron chi connectivity index (χ3n) is 2.92. The van der Waals surface area contributed by atoms with Crippen LogP contribution < -0.4 is 10.0 Å². The number of sulfonamides is 1. The van der Waals surface area contributed by atoms with E-state index in [-0.39, 0.29) is 6.54 Å². The summed E-state index contributed by atoms with van der Waals surface area (Å²) in [4.78, 5) is 0.320. The number of benzene rings is 1. The molecule has 18 heavy (non-hydrogen) atoms. The standard InChI is InChI=1S/C12H18N2O3S/c1-17-8-7-14-18(15,16)11-4-5-12-10(9-11)3-2-6-13-12/h4-5,9,13-14H,2-3,6-8H2,1H3. The van der Waals surface area contributed by atoms with E-state index in [1.165, 1.54) is 0 Å². The van der Waals surface area contributed by atoms with E-state index < -0.39 is 10.0 Å². The lowest BCUT2D eigenvalue weighted by Crippen LogP contribution is -2.27. The summed E-state index contributed by atoms with van der Waals surface area (Å²) in [5, 5.41) is 3.26. The van der Waals surface area contributed by atoms with Gasteiger partial charge in [-0.2, -0.15) is 0 Å². The Morgan fingerprint density at radius 1 is 1.44 bits per heavy atom. The molecule has 0 aromatic heterocycles. The Balaban J connectivity index is 2.17. The second kappa shape index (κ2) is 5.69. The van der Waals surface area contributed by atoms with Gasteiger partial charge in [-0.25, -0.2) is 13.1 Å². The first kappa shape index (κ1) is 13.3. The number of hydrogen-bond donors (Lipinski definition) is 2. The van der Waals surface area contributed by atoms with Gasteiger partial charge in [0.05, 0.1) is 11.5 Å². The number of methoxy groups -OCH3 is 1. The second-order valence-corrected chi connectivity index (χ2v) is 6.01. The number of rotatable bonds is 5. The van der Waals surface area contributed by atoms with Crippen molar-refractivity contribution < 1.29 is 13.2 Å². The smallest absolute Gasteiger partial charge is 0.240 e. The van der Waals surface area contributed by atoms with Crippen LogP contribution in [0.25, 0.3) is 0 Å². The minimum atomic E-state index is -3.42. The molecule has 0 saturated heterocycles. The van der Waals surface area contributed by atoms with Crippen molar-refractivity contribution in [3.8, 4) is 0 Å². The fourth-order valence-electron chi connectivity index (χ4n) is 1.98. The maximum Gasteiger partial charge on any atom is 0.240 e. The zero-order chi connectivity index (χ0) is 13.0. The van der Waals surface area contributed by atoms with Gasteiger partial charge in [0.15, 0.2) is 0 Å². The number of nitrogens with one attached hydrogen (secondary N) is 2. The highest BCUT2D eigenvalue weighted by atomic mass is 32.2. The number of hydrogen-bond acceptors (Lipinski definition) is 4. The minimum Gasteiger partial charge on any atom is -0.385 e. The van der Waals surface area contributed by atoms with Crippen molar-refractivity contribution in [2.75, 3.05) is 32.1 Å². The van der Waals surface area contributed by atoms with E-state index in [1.54, 1.807) is 19.2 Å². The molecule has 100 valence electrons. The summed E-state index contributed by atoms with van der Waals surface area (Å²) in [7, 11) is -1.88. The molecule has 0 atom stereocenters. The summed E-state index contributed by atoms with van der Waals surface area (Å²) < 4.78 is 31.3. The minimum absolute atomic E-state index is 0.286. The molecule has 1 aromatic carbocycles. The molecule has 1 aliphatic rings. The van der Waals surface area contributed by atoms with Gasteiger partial charge in [-0.15, -0.1) is 0 Å². The van der Waals surface area contributed by atoms with Crippen molar-refractivity contribution in [2.45, 2.75) is 17.7 Å². The van der Waals surface area contributed by atoms with Crippen molar-refractivity contribution in [3.05, 3.63) is 23.8 Å². The predicted octanol–water partition coefficient (Wildman–Crippen LogP) is 0.969. The second-order valence-electron chi connectivity index (χ2n) is 4.24. The largest absolute Gasteiger partial charge is 0.385 e. The van der Waals surface area contributed by atoms with Gasteiger partial charge in [-0.1, -0.05) is 0 Å². The van der Waals surface area contributed by atoms with Crippen molar-refractivity contribution in [3.63, 3.8) is 0 Å². The average molecular weight is 270 g/mol. The lowest BCUT2D eigenvalue weighted by Gasteiger charge is -2.18. The van der Waals surface area contributed by atoms with Crippen LogP contribution in [0.3, 0.4) is 0 Å². The number of aryl methyl sites for hydroxylation is 1. The first-order chi connectivity index (χ1) is 8.63. The van der Waals surface area contributed by atoms with Crippen LogP contribution in [-0.2, 0) is 21.2 Å². The average Bonchev–Trinajstić information content (AvgIpc) is 2.38. The number of fused-ring (bicyclic) bond motifs is 1. The van der Waals surface area contributed by atoms with Crippen LogP contribution in [-0.4, -0.2) is 35.2 Å². The number of anilines is 1. The molecule has 0 radical (unpaired) electrons. The van der Waals surface area contributed by atoms with Crippen LogP contribution in [0, 0.1) is 0 Å². The molecule has 0 spiro atoms. The van der Waals surface area contributed by atoms with Gasteiger partial charge in [-0.3, -0.25) is 0 Å². The van der Waals surface area contributed by atoms with Crippen molar-refractivity contribution in [2.24, 2.45) is 0 Å². The van der Waals surface area contributed by atoms with E-state index in [4.69, 9.17) is 4.74 Å². The third kappa shape index (κ3) is 3.01. The highest BCUT2D eigenvalue weighted by molar-refractivity contribution is 7.89. The normalized spacial score (nSPS) is 14.9. The maximum absolute atomic E-state index is 12.0. The Bertz CT molecular complexity index is 514.